The van der Waals surface area contributed by atoms with Crippen molar-refractivity contribution in [3.05, 3.63) is 0 Å². The molecule has 74 valence electrons. The number of aliphatic hydroxyl groups is 2. The van der Waals surface area contributed by atoms with Crippen molar-refractivity contribution in [3.63, 3.8) is 0 Å². The van der Waals surface area contributed by atoms with E-state index in [2.05, 4.69) is 15.2 Å². The van der Waals surface area contributed by atoms with Crippen LogP contribution in [0.15, 0.2) is 0 Å². The summed E-state index contributed by atoms with van der Waals surface area (Å²) in [5.74, 6) is 0.608. The van der Waals surface area contributed by atoms with Gasteiger partial charge in [0.1, 0.15) is 0 Å². The van der Waals surface area contributed by atoms with Crippen LogP contribution in [0.2, 0.25) is 0 Å². The summed E-state index contributed by atoms with van der Waals surface area (Å²) in [5.41, 5.74) is 5.33. The molecule has 0 aliphatic carbocycles. The van der Waals surface area contributed by atoms with Gasteiger partial charge in [0.05, 0.1) is 13.2 Å². The summed E-state index contributed by atoms with van der Waals surface area (Å²) in [5, 5.41) is 23.7. The van der Waals surface area contributed by atoms with E-state index in [4.69, 9.17) is 15.9 Å². The van der Waals surface area contributed by atoms with Crippen LogP contribution in [0.3, 0.4) is 0 Å². The van der Waals surface area contributed by atoms with Crippen LogP contribution >= 0.6 is 0 Å². The van der Waals surface area contributed by atoms with Crippen LogP contribution in [-0.4, -0.2) is 51.7 Å². The van der Waals surface area contributed by atoms with Gasteiger partial charge in [-0.2, -0.15) is 4.98 Å². The van der Waals surface area contributed by atoms with Gasteiger partial charge in [0.15, 0.2) is 0 Å². The van der Waals surface area contributed by atoms with Crippen molar-refractivity contribution in [1.82, 2.24) is 15.2 Å². The van der Waals surface area contributed by atoms with Gasteiger partial charge in [-0.15, -0.1) is 5.10 Å². The lowest BCUT2D eigenvalue weighted by Crippen LogP contribution is -2.30. The molecule has 0 unspecified atom stereocenters. The Bertz CT molecular complexity index is 245. The number of H-pyrrole nitrogens is 1. The molecule has 1 aromatic rings. The Morgan fingerprint density at radius 3 is 2.31 bits per heavy atom. The van der Waals surface area contributed by atoms with Crippen molar-refractivity contribution in [3.8, 4) is 0 Å². The molecule has 0 bridgehead atoms. The highest BCUT2D eigenvalue weighted by Gasteiger charge is 2.09. The molecule has 13 heavy (non-hydrogen) atoms. The summed E-state index contributed by atoms with van der Waals surface area (Å²) in [7, 11) is 0. The van der Waals surface area contributed by atoms with Crippen molar-refractivity contribution >= 4 is 11.9 Å². The molecule has 7 heteroatoms. The first-order valence-corrected chi connectivity index (χ1v) is 3.92. The number of nitrogen functional groups attached to an aromatic ring is 1. The second-order valence-electron chi connectivity index (χ2n) is 2.45. The number of aromatic amines is 1. The van der Waals surface area contributed by atoms with E-state index in [1.54, 1.807) is 4.90 Å². The van der Waals surface area contributed by atoms with Crippen LogP contribution < -0.4 is 10.6 Å². The maximum atomic E-state index is 8.71. The Labute approximate surface area is 75.2 Å². The topological polar surface area (TPSA) is 111 Å². The lowest BCUT2D eigenvalue weighted by Gasteiger charge is -2.17. The zero-order chi connectivity index (χ0) is 9.68. The summed E-state index contributed by atoms with van der Waals surface area (Å²) in [6, 6.07) is 0. The molecular formula is C6H13N5O2. The molecule has 0 spiro atoms. The van der Waals surface area contributed by atoms with E-state index >= 15 is 0 Å². The summed E-state index contributed by atoms with van der Waals surface area (Å²) in [4.78, 5) is 5.49. The predicted molar refractivity (Wildman–Crippen MR) is 47.2 cm³/mol. The highest BCUT2D eigenvalue weighted by Crippen LogP contribution is 2.06. The third kappa shape index (κ3) is 2.56. The molecule has 1 heterocycles. The van der Waals surface area contributed by atoms with Crippen LogP contribution in [0.1, 0.15) is 0 Å². The number of aliphatic hydroxyl groups excluding tert-OH is 2. The first-order valence-electron chi connectivity index (χ1n) is 3.92. The van der Waals surface area contributed by atoms with E-state index in [9.17, 15) is 0 Å². The van der Waals surface area contributed by atoms with Crippen LogP contribution in [0.5, 0.6) is 0 Å². The lowest BCUT2D eigenvalue weighted by atomic mass is 10.5. The Hall–Kier alpha value is -1.34. The number of hydrogen-bond donors (Lipinski definition) is 4. The standard InChI is InChI=1S/C6H13N5O2/c7-5-8-6(10-9-5)11(1-3-12)2-4-13/h12-13H,1-4H2,(H3,7,8,9,10). The van der Waals surface area contributed by atoms with E-state index in [-0.39, 0.29) is 19.2 Å². The smallest absolute Gasteiger partial charge is 0.246 e. The number of nitrogens with zero attached hydrogens (tertiary/aromatic N) is 3. The summed E-state index contributed by atoms with van der Waals surface area (Å²) < 4.78 is 0. The second kappa shape index (κ2) is 4.63. The second-order valence-corrected chi connectivity index (χ2v) is 2.45. The molecule has 1 rings (SSSR count). The first kappa shape index (κ1) is 9.75. The number of rotatable bonds is 5. The average molecular weight is 187 g/mol. The van der Waals surface area contributed by atoms with Gasteiger partial charge in [-0.25, -0.2) is 5.10 Å². The maximum Gasteiger partial charge on any atom is 0.246 e. The molecule has 0 aliphatic heterocycles. The predicted octanol–water partition coefficient (Wildman–Crippen LogP) is -1.82. The summed E-state index contributed by atoms with van der Waals surface area (Å²) in [6.07, 6.45) is 0. The van der Waals surface area contributed by atoms with Gasteiger partial charge in [0, 0.05) is 13.1 Å². The summed E-state index contributed by atoms with van der Waals surface area (Å²) >= 11 is 0. The van der Waals surface area contributed by atoms with Gasteiger partial charge in [-0.3, -0.25) is 0 Å². The van der Waals surface area contributed by atoms with Gasteiger partial charge in [0.25, 0.3) is 0 Å². The number of nitrogens with one attached hydrogen (secondary N) is 1. The van der Waals surface area contributed by atoms with E-state index in [0.717, 1.165) is 0 Å². The Kier molecular flexibility index (Phi) is 3.47. The first-order chi connectivity index (χ1) is 6.27. The van der Waals surface area contributed by atoms with E-state index in [1.807, 2.05) is 0 Å². The fourth-order valence-electron chi connectivity index (χ4n) is 0.960. The lowest BCUT2D eigenvalue weighted by molar-refractivity contribution is 0.280. The molecule has 0 atom stereocenters. The van der Waals surface area contributed by atoms with Crippen LogP contribution in [0.25, 0.3) is 0 Å². The largest absolute Gasteiger partial charge is 0.395 e. The average Bonchev–Trinajstić information content (AvgIpc) is 2.51. The van der Waals surface area contributed by atoms with Crippen LogP contribution in [0.4, 0.5) is 11.9 Å². The SMILES string of the molecule is Nc1nc(N(CCO)CCO)n[nH]1. The zero-order valence-corrected chi connectivity index (χ0v) is 7.14. The molecular weight excluding hydrogens is 174 g/mol. The van der Waals surface area contributed by atoms with Crippen molar-refractivity contribution in [2.24, 2.45) is 0 Å². The molecule has 0 aliphatic rings. The van der Waals surface area contributed by atoms with Crippen molar-refractivity contribution in [2.75, 3.05) is 36.9 Å². The van der Waals surface area contributed by atoms with Gasteiger partial charge in [0.2, 0.25) is 11.9 Å². The molecule has 0 aromatic carbocycles. The third-order valence-corrected chi connectivity index (χ3v) is 1.51. The summed E-state index contributed by atoms with van der Waals surface area (Å²) in [6.45, 7) is 0.707. The Morgan fingerprint density at radius 2 is 1.92 bits per heavy atom. The van der Waals surface area contributed by atoms with Crippen molar-refractivity contribution in [2.45, 2.75) is 0 Å². The number of anilines is 2. The van der Waals surface area contributed by atoms with Gasteiger partial charge in [-0.05, 0) is 0 Å². The maximum absolute atomic E-state index is 8.71. The minimum atomic E-state index is -0.0194. The van der Waals surface area contributed by atoms with E-state index in [0.29, 0.717) is 19.0 Å². The highest BCUT2D eigenvalue weighted by atomic mass is 16.3. The number of aromatic nitrogens is 3. The molecule has 0 radical (unpaired) electrons. The Morgan fingerprint density at radius 1 is 1.31 bits per heavy atom. The Balaban J connectivity index is 2.63. The number of nitrogens with two attached hydrogens (primary N) is 1. The molecule has 5 N–H and O–H groups in total. The van der Waals surface area contributed by atoms with E-state index < -0.39 is 0 Å². The van der Waals surface area contributed by atoms with Crippen LogP contribution in [0, 0.1) is 0 Å². The zero-order valence-electron chi connectivity index (χ0n) is 7.14. The normalized spacial score (nSPS) is 10.3. The number of hydrogen-bond acceptors (Lipinski definition) is 6. The van der Waals surface area contributed by atoms with Crippen molar-refractivity contribution in [1.29, 1.82) is 0 Å². The van der Waals surface area contributed by atoms with Gasteiger partial charge >= 0.3 is 0 Å². The van der Waals surface area contributed by atoms with E-state index in [1.165, 1.54) is 0 Å². The highest BCUT2D eigenvalue weighted by molar-refractivity contribution is 5.33. The molecule has 0 amide bonds. The van der Waals surface area contributed by atoms with Crippen molar-refractivity contribution < 1.29 is 10.2 Å². The molecule has 0 saturated heterocycles. The minimum Gasteiger partial charge on any atom is -0.395 e. The third-order valence-electron chi connectivity index (χ3n) is 1.51. The fourth-order valence-corrected chi connectivity index (χ4v) is 0.960. The van der Waals surface area contributed by atoms with Crippen LogP contribution in [-0.2, 0) is 0 Å². The molecule has 0 saturated carbocycles. The quantitative estimate of drug-likeness (QED) is 0.432. The van der Waals surface area contributed by atoms with Gasteiger partial charge in [-0.1, -0.05) is 0 Å². The van der Waals surface area contributed by atoms with Gasteiger partial charge < -0.3 is 20.8 Å². The molecule has 1 aromatic heterocycles. The monoisotopic (exact) mass is 187 g/mol. The molecule has 7 nitrogen and oxygen atoms in total. The minimum absolute atomic E-state index is 0.0194. The molecule has 0 fully saturated rings. The fraction of sp³-hybridized carbons (Fsp3) is 0.667.